The number of carbonyl (C=O) groups is 1. The summed E-state index contributed by atoms with van der Waals surface area (Å²) < 4.78 is 0. The van der Waals surface area contributed by atoms with Crippen LogP contribution in [0.3, 0.4) is 0 Å². The normalized spacial score (nSPS) is 12.2. The number of likely N-dealkylation sites (N-methyl/N-ethyl adjacent to an activating group) is 1. The number of hydrogen-bond donors (Lipinski definition) is 3. The van der Waals surface area contributed by atoms with E-state index in [0.29, 0.717) is 11.3 Å². The van der Waals surface area contributed by atoms with Crippen LogP contribution in [-0.4, -0.2) is 52.9 Å². The summed E-state index contributed by atoms with van der Waals surface area (Å²) in [5, 5.41) is 17.8. The largest absolute Gasteiger partial charge is 0.505 e. The molecule has 2 aromatic heterocycles. The van der Waals surface area contributed by atoms with Crippen molar-refractivity contribution in [3.8, 4) is 16.9 Å². The summed E-state index contributed by atoms with van der Waals surface area (Å²) in [6.45, 7) is 1.69. The molecule has 0 bridgehead atoms. The van der Waals surface area contributed by atoms with Gasteiger partial charge >= 0.3 is 0 Å². The highest BCUT2D eigenvalue weighted by molar-refractivity contribution is 6.37. The Balaban J connectivity index is 0.00000187. The Kier molecular flexibility index (Phi) is 12.1. The Hall–Kier alpha value is -2.52. The zero-order chi connectivity index (χ0) is 26.1. The topological polar surface area (TPSA) is 90.4 Å². The highest BCUT2D eigenvalue weighted by Gasteiger charge is 2.32. The summed E-state index contributed by atoms with van der Waals surface area (Å²) in [5.74, 6) is 0.762. The predicted molar refractivity (Wildman–Crippen MR) is 172 cm³/mol. The number of halogens is 5. The van der Waals surface area contributed by atoms with Gasteiger partial charge in [0.25, 0.3) is 0 Å². The third-order valence-corrected chi connectivity index (χ3v) is 6.91. The van der Waals surface area contributed by atoms with E-state index >= 15 is 0 Å². The zero-order valence-electron chi connectivity index (χ0n) is 21.8. The van der Waals surface area contributed by atoms with Gasteiger partial charge in [0.05, 0.1) is 38.7 Å². The molecule has 1 aliphatic rings. The third kappa shape index (κ3) is 7.60. The fraction of sp³-hybridized carbons (Fsp3) is 0.250. The molecule has 1 aliphatic carbocycles. The Bertz CT molecular complexity index is 1460. The van der Waals surface area contributed by atoms with Crippen LogP contribution in [0.1, 0.15) is 23.2 Å². The van der Waals surface area contributed by atoms with Crippen LogP contribution in [0.2, 0.25) is 10.0 Å². The minimum atomic E-state index is -0.152. The lowest BCUT2D eigenvalue weighted by molar-refractivity contribution is 0.0968. The van der Waals surface area contributed by atoms with Crippen molar-refractivity contribution in [2.75, 3.05) is 37.8 Å². The fourth-order valence-corrected chi connectivity index (χ4v) is 4.60. The van der Waals surface area contributed by atoms with Crippen LogP contribution in [0.5, 0.6) is 5.75 Å². The molecule has 7 nitrogen and oxygen atoms in total. The number of pyridine rings is 2. The Labute approximate surface area is 261 Å². The molecule has 0 radical (unpaired) electrons. The number of benzene rings is 2. The molecule has 4 aromatic rings. The van der Waals surface area contributed by atoms with Crippen LogP contribution in [0, 0.1) is 5.92 Å². The molecular formula is C28H30Cl5N5O2. The molecule has 1 saturated carbocycles. The van der Waals surface area contributed by atoms with Crippen molar-refractivity contribution in [2.45, 2.75) is 12.8 Å². The quantitative estimate of drug-likeness (QED) is 0.160. The van der Waals surface area contributed by atoms with Gasteiger partial charge in [-0.1, -0.05) is 29.3 Å². The van der Waals surface area contributed by atoms with Crippen molar-refractivity contribution in [1.29, 1.82) is 0 Å². The number of Topliss-reactive ketones (excluding diaryl/α,β-unsaturated/α-hetero) is 1. The van der Waals surface area contributed by atoms with Gasteiger partial charge in [-0.05, 0) is 74.5 Å². The van der Waals surface area contributed by atoms with Gasteiger partial charge in [-0.15, -0.1) is 37.2 Å². The van der Waals surface area contributed by atoms with Gasteiger partial charge < -0.3 is 20.6 Å². The number of nitrogens with zero attached hydrogens (tertiary/aromatic N) is 3. The van der Waals surface area contributed by atoms with Crippen molar-refractivity contribution >= 4 is 94.3 Å². The molecule has 0 saturated heterocycles. The zero-order valence-corrected chi connectivity index (χ0v) is 25.7. The summed E-state index contributed by atoms with van der Waals surface area (Å²) in [6.07, 6.45) is 5.20. The van der Waals surface area contributed by atoms with Gasteiger partial charge in [0.15, 0.2) is 11.5 Å². The number of fused-ring (bicyclic) bond motifs is 1. The number of phenolic OH excluding ortho intramolecular Hbond substituents is 1. The third-order valence-electron chi connectivity index (χ3n) is 6.33. The van der Waals surface area contributed by atoms with Crippen molar-refractivity contribution in [3.05, 3.63) is 70.5 Å². The Morgan fingerprint density at radius 3 is 2.27 bits per heavy atom. The number of phenols is 1. The van der Waals surface area contributed by atoms with Crippen LogP contribution >= 0.6 is 60.4 Å². The van der Waals surface area contributed by atoms with E-state index < -0.39 is 0 Å². The highest BCUT2D eigenvalue weighted by atomic mass is 35.5. The first-order chi connectivity index (χ1) is 17.8. The van der Waals surface area contributed by atoms with Gasteiger partial charge in [-0.3, -0.25) is 9.78 Å². The minimum absolute atomic E-state index is 0. The standard InChI is InChI=1S/C28H27Cl2N5O2.3ClH/c1-35(2)10-9-31-25-8-6-19(14-33-25)34-26-20-11-17(18-12-22(29)28(37)23(30)13-18)5-7-24(20)32-15-21(26)27(36)16-3-4-16;;;/h5-8,11-16,37H,3-4,9-10H2,1-2H3,(H,31,33)(H,32,34);3*1H. The molecular weight excluding hydrogens is 616 g/mol. The van der Waals surface area contributed by atoms with E-state index in [9.17, 15) is 9.90 Å². The van der Waals surface area contributed by atoms with Crippen LogP contribution in [0.15, 0.2) is 54.9 Å². The first-order valence-electron chi connectivity index (χ1n) is 12.1. The number of carbonyl (C=O) groups excluding carboxylic acids is 1. The van der Waals surface area contributed by atoms with Gasteiger partial charge in [0, 0.05) is 30.6 Å². The van der Waals surface area contributed by atoms with E-state index in [1.165, 1.54) is 0 Å². The molecule has 1 fully saturated rings. The van der Waals surface area contributed by atoms with Gasteiger partial charge in [0.1, 0.15) is 5.82 Å². The Morgan fingerprint density at radius 1 is 0.975 bits per heavy atom. The lowest BCUT2D eigenvalue weighted by Gasteiger charge is -2.16. The molecule has 3 N–H and O–H groups in total. The second-order valence-electron chi connectivity index (χ2n) is 9.49. The lowest BCUT2D eigenvalue weighted by atomic mass is 9.99. The van der Waals surface area contributed by atoms with E-state index in [0.717, 1.165) is 59.5 Å². The predicted octanol–water partition coefficient (Wildman–Crippen LogP) is 7.88. The number of aromatic nitrogens is 2. The van der Waals surface area contributed by atoms with Crippen molar-refractivity contribution < 1.29 is 9.90 Å². The summed E-state index contributed by atoms with van der Waals surface area (Å²) in [5.41, 5.74) is 4.32. The number of anilines is 3. The maximum absolute atomic E-state index is 13.2. The summed E-state index contributed by atoms with van der Waals surface area (Å²) >= 11 is 12.4. The van der Waals surface area contributed by atoms with Crippen molar-refractivity contribution in [1.82, 2.24) is 14.9 Å². The number of nitrogens with one attached hydrogen (secondary N) is 2. The molecule has 12 heteroatoms. The van der Waals surface area contributed by atoms with Crippen LogP contribution in [-0.2, 0) is 0 Å². The lowest BCUT2D eigenvalue weighted by Crippen LogP contribution is -2.21. The molecule has 0 atom stereocenters. The van der Waals surface area contributed by atoms with Gasteiger partial charge in [-0.2, -0.15) is 0 Å². The number of ketones is 1. The molecule has 214 valence electrons. The smallest absolute Gasteiger partial charge is 0.169 e. The molecule has 0 aliphatic heterocycles. The molecule has 5 rings (SSSR count). The van der Waals surface area contributed by atoms with Crippen LogP contribution < -0.4 is 10.6 Å². The minimum Gasteiger partial charge on any atom is -0.505 e. The second kappa shape index (κ2) is 14.4. The van der Waals surface area contributed by atoms with Gasteiger partial charge in [-0.25, -0.2) is 4.98 Å². The summed E-state index contributed by atoms with van der Waals surface area (Å²) in [6, 6.07) is 12.9. The molecule has 2 aromatic carbocycles. The van der Waals surface area contributed by atoms with Crippen LogP contribution in [0.4, 0.5) is 17.2 Å². The van der Waals surface area contributed by atoms with E-state index in [1.807, 2.05) is 44.4 Å². The fourth-order valence-electron chi connectivity index (χ4n) is 4.12. The van der Waals surface area contributed by atoms with Gasteiger partial charge in [0.2, 0.25) is 0 Å². The molecule has 0 amide bonds. The molecule has 0 spiro atoms. The average Bonchev–Trinajstić information content (AvgIpc) is 3.73. The molecule has 0 unspecified atom stereocenters. The average molecular weight is 646 g/mol. The van der Waals surface area contributed by atoms with E-state index in [2.05, 4.69) is 25.5 Å². The number of aromatic hydroxyl groups is 1. The van der Waals surface area contributed by atoms with E-state index in [4.69, 9.17) is 23.2 Å². The van der Waals surface area contributed by atoms with E-state index in [-0.39, 0.29) is 64.7 Å². The number of rotatable bonds is 9. The van der Waals surface area contributed by atoms with Crippen molar-refractivity contribution in [3.63, 3.8) is 0 Å². The first kappa shape index (κ1) is 33.7. The maximum Gasteiger partial charge on any atom is 0.169 e. The highest BCUT2D eigenvalue weighted by Crippen LogP contribution is 2.40. The number of hydrogen-bond acceptors (Lipinski definition) is 7. The second-order valence-corrected chi connectivity index (χ2v) is 10.3. The Morgan fingerprint density at radius 2 is 1.68 bits per heavy atom. The van der Waals surface area contributed by atoms with Crippen LogP contribution in [0.25, 0.3) is 22.0 Å². The molecule has 2 heterocycles. The maximum atomic E-state index is 13.2. The SMILES string of the molecule is CN(C)CCNc1ccc(Nc2c(C(=O)C3CC3)cnc3ccc(-c4cc(Cl)c(O)c(Cl)c4)cc23)cn1.Cl.Cl.Cl. The van der Waals surface area contributed by atoms with Crippen molar-refractivity contribution in [2.24, 2.45) is 5.92 Å². The monoisotopic (exact) mass is 643 g/mol. The molecule has 40 heavy (non-hydrogen) atoms. The summed E-state index contributed by atoms with van der Waals surface area (Å²) in [4.78, 5) is 24.4. The first-order valence-corrected chi connectivity index (χ1v) is 12.8. The summed E-state index contributed by atoms with van der Waals surface area (Å²) in [7, 11) is 4.05. The van der Waals surface area contributed by atoms with E-state index in [1.54, 1.807) is 24.5 Å².